The maximum atomic E-state index is 9.49. The predicted octanol–water partition coefficient (Wildman–Crippen LogP) is 2.68. The molecule has 0 bridgehead atoms. The van der Waals surface area contributed by atoms with Crippen molar-refractivity contribution in [3.05, 3.63) is 42.5 Å². The largest absolute Gasteiger partial charge is 0.492 e. The molecule has 1 aliphatic heterocycles. The first-order valence-electron chi connectivity index (χ1n) is 7.34. The minimum absolute atomic E-state index is 0.106. The van der Waals surface area contributed by atoms with Crippen LogP contribution in [0.5, 0.6) is 5.75 Å². The zero-order chi connectivity index (χ0) is 13.8. The van der Waals surface area contributed by atoms with Gasteiger partial charge in [0.1, 0.15) is 12.4 Å². The van der Waals surface area contributed by atoms with E-state index in [4.69, 9.17) is 4.74 Å². The number of hydrogen-bond acceptors (Lipinski definition) is 3. The lowest BCUT2D eigenvalue weighted by Gasteiger charge is -2.29. The summed E-state index contributed by atoms with van der Waals surface area (Å²) in [7, 11) is 0. The first-order valence-corrected chi connectivity index (χ1v) is 7.34. The molecule has 0 saturated carbocycles. The molecule has 2 aromatic rings. The molecule has 1 fully saturated rings. The van der Waals surface area contributed by atoms with E-state index >= 15 is 0 Å². The summed E-state index contributed by atoms with van der Waals surface area (Å²) < 4.78 is 5.94. The van der Waals surface area contributed by atoms with Crippen LogP contribution >= 0.6 is 0 Å². The van der Waals surface area contributed by atoms with Crippen molar-refractivity contribution in [1.82, 2.24) is 4.90 Å². The SMILES string of the molecule is OC1CCN(CCOc2cccc3ccccc23)CC1. The Bertz CT molecular complexity index is 556. The van der Waals surface area contributed by atoms with Crippen molar-refractivity contribution in [2.24, 2.45) is 0 Å². The van der Waals surface area contributed by atoms with Crippen LogP contribution in [-0.4, -0.2) is 42.4 Å². The topological polar surface area (TPSA) is 32.7 Å². The Morgan fingerprint density at radius 2 is 1.80 bits per heavy atom. The van der Waals surface area contributed by atoms with E-state index in [1.807, 2.05) is 24.3 Å². The second-order valence-electron chi connectivity index (χ2n) is 5.40. The van der Waals surface area contributed by atoms with Gasteiger partial charge >= 0.3 is 0 Å². The van der Waals surface area contributed by atoms with Crippen LogP contribution in [0.1, 0.15) is 12.8 Å². The smallest absolute Gasteiger partial charge is 0.127 e. The fourth-order valence-corrected chi connectivity index (χ4v) is 2.75. The second-order valence-corrected chi connectivity index (χ2v) is 5.40. The van der Waals surface area contributed by atoms with Crippen LogP contribution in [0, 0.1) is 0 Å². The highest BCUT2D eigenvalue weighted by atomic mass is 16.5. The molecule has 0 aromatic heterocycles. The molecule has 0 radical (unpaired) electrons. The van der Waals surface area contributed by atoms with Gasteiger partial charge in [-0.05, 0) is 24.3 Å². The molecule has 3 nitrogen and oxygen atoms in total. The molecule has 1 aliphatic rings. The summed E-state index contributed by atoms with van der Waals surface area (Å²) in [6.07, 6.45) is 1.66. The van der Waals surface area contributed by atoms with Gasteiger partial charge in [0.2, 0.25) is 0 Å². The van der Waals surface area contributed by atoms with E-state index in [0.717, 1.165) is 38.2 Å². The molecule has 106 valence electrons. The van der Waals surface area contributed by atoms with E-state index in [0.29, 0.717) is 6.61 Å². The maximum Gasteiger partial charge on any atom is 0.127 e. The fraction of sp³-hybridized carbons (Fsp3) is 0.412. The molecule has 0 amide bonds. The molecule has 1 N–H and O–H groups in total. The number of likely N-dealkylation sites (tertiary alicyclic amines) is 1. The van der Waals surface area contributed by atoms with Crippen LogP contribution in [0.15, 0.2) is 42.5 Å². The van der Waals surface area contributed by atoms with Gasteiger partial charge in [-0.15, -0.1) is 0 Å². The predicted molar refractivity (Wildman–Crippen MR) is 81.1 cm³/mol. The summed E-state index contributed by atoms with van der Waals surface area (Å²) >= 11 is 0. The summed E-state index contributed by atoms with van der Waals surface area (Å²) in [5.41, 5.74) is 0. The lowest BCUT2D eigenvalue weighted by atomic mass is 10.1. The lowest BCUT2D eigenvalue weighted by molar-refractivity contribution is 0.0756. The minimum Gasteiger partial charge on any atom is -0.492 e. The highest BCUT2D eigenvalue weighted by Gasteiger charge is 2.16. The first kappa shape index (κ1) is 13.4. The molecule has 3 heteroatoms. The van der Waals surface area contributed by atoms with E-state index in [1.54, 1.807) is 0 Å². The molecule has 20 heavy (non-hydrogen) atoms. The van der Waals surface area contributed by atoms with Gasteiger partial charge < -0.3 is 9.84 Å². The number of piperidine rings is 1. The number of hydrogen-bond donors (Lipinski definition) is 1. The van der Waals surface area contributed by atoms with Crippen molar-refractivity contribution >= 4 is 10.8 Å². The van der Waals surface area contributed by atoms with Crippen LogP contribution < -0.4 is 4.74 Å². The molecular formula is C17H21NO2. The standard InChI is InChI=1S/C17H21NO2/c19-15-8-10-18(11-9-15)12-13-20-17-7-3-5-14-4-1-2-6-16(14)17/h1-7,15,19H,8-13H2. The number of benzene rings is 2. The molecular weight excluding hydrogens is 250 g/mol. The van der Waals surface area contributed by atoms with Crippen LogP contribution in [-0.2, 0) is 0 Å². The van der Waals surface area contributed by atoms with Crippen LogP contribution in [0.4, 0.5) is 0 Å². The number of aliphatic hydroxyl groups is 1. The van der Waals surface area contributed by atoms with Crippen LogP contribution in [0.25, 0.3) is 10.8 Å². The number of ether oxygens (including phenoxy) is 1. The Hall–Kier alpha value is -1.58. The number of nitrogens with zero attached hydrogens (tertiary/aromatic N) is 1. The Labute approximate surface area is 119 Å². The van der Waals surface area contributed by atoms with Crippen molar-refractivity contribution in [3.63, 3.8) is 0 Å². The maximum absolute atomic E-state index is 9.49. The number of aliphatic hydroxyl groups excluding tert-OH is 1. The number of fused-ring (bicyclic) bond motifs is 1. The summed E-state index contributed by atoms with van der Waals surface area (Å²) in [5, 5.41) is 11.9. The molecule has 0 aliphatic carbocycles. The van der Waals surface area contributed by atoms with Gasteiger partial charge in [-0.1, -0.05) is 36.4 Å². The quantitative estimate of drug-likeness (QED) is 0.928. The zero-order valence-electron chi connectivity index (χ0n) is 11.7. The summed E-state index contributed by atoms with van der Waals surface area (Å²) in [6, 6.07) is 14.5. The molecule has 2 aromatic carbocycles. The van der Waals surface area contributed by atoms with Gasteiger partial charge in [0.05, 0.1) is 6.10 Å². The van der Waals surface area contributed by atoms with E-state index in [-0.39, 0.29) is 6.10 Å². The molecule has 0 spiro atoms. The lowest BCUT2D eigenvalue weighted by Crippen LogP contribution is -2.38. The van der Waals surface area contributed by atoms with Gasteiger partial charge in [-0.25, -0.2) is 0 Å². The van der Waals surface area contributed by atoms with E-state index in [1.165, 1.54) is 10.8 Å². The van der Waals surface area contributed by atoms with Crippen molar-refractivity contribution in [3.8, 4) is 5.75 Å². The van der Waals surface area contributed by atoms with Crippen molar-refractivity contribution in [2.75, 3.05) is 26.2 Å². The zero-order valence-corrected chi connectivity index (χ0v) is 11.7. The van der Waals surface area contributed by atoms with E-state index in [2.05, 4.69) is 23.1 Å². The second kappa shape index (κ2) is 6.25. The van der Waals surface area contributed by atoms with Gasteiger partial charge in [0.15, 0.2) is 0 Å². The Balaban J connectivity index is 1.57. The molecule has 3 rings (SSSR count). The van der Waals surface area contributed by atoms with Gasteiger partial charge in [-0.2, -0.15) is 0 Å². The third-order valence-electron chi connectivity index (χ3n) is 3.97. The monoisotopic (exact) mass is 271 g/mol. The third kappa shape index (κ3) is 3.11. The highest BCUT2D eigenvalue weighted by Crippen LogP contribution is 2.25. The third-order valence-corrected chi connectivity index (χ3v) is 3.97. The van der Waals surface area contributed by atoms with Crippen LogP contribution in [0.2, 0.25) is 0 Å². The van der Waals surface area contributed by atoms with Crippen molar-refractivity contribution in [2.45, 2.75) is 18.9 Å². The number of rotatable bonds is 4. The molecule has 1 saturated heterocycles. The molecule has 0 unspecified atom stereocenters. The summed E-state index contributed by atoms with van der Waals surface area (Å²) in [6.45, 7) is 3.57. The Morgan fingerprint density at radius 1 is 1.05 bits per heavy atom. The van der Waals surface area contributed by atoms with E-state index in [9.17, 15) is 5.11 Å². The fourth-order valence-electron chi connectivity index (χ4n) is 2.75. The Kier molecular flexibility index (Phi) is 4.19. The minimum atomic E-state index is -0.106. The normalized spacial score (nSPS) is 17.4. The Morgan fingerprint density at radius 3 is 2.65 bits per heavy atom. The summed E-state index contributed by atoms with van der Waals surface area (Å²) in [5.74, 6) is 0.958. The van der Waals surface area contributed by atoms with Crippen LogP contribution in [0.3, 0.4) is 0 Å². The van der Waals surface area contributed by atoms with Crippen molar-refractivity contribution < 1.29 is 9.84 Å². The average molecular weight is 271 g/mol. The summed E-state index contributed by atoms with van der Waals surface area (Å²) in [4.78, 5) is 2.36. The van der Waals surface area contributed by atoms with E-state index < -0.39 is 0 Å². The average Bonchev–Trinajstić information content (AvgIpc) is 2.49. The van der Waals surface area contributed by atoms with Gasteiger partial charge in [0, 0.05) is 25.0 Å². The highest BCUT2D eigenvalue weighted by molar-refractivity contribution is 5.88. The van der Waals surface area contributed by atoms with Gasteiger partial charge in [-0.3, -0.25) is 4.90 Å². The molecule has 1 heterocycles. The molecule has 0 atom stereocenters. The van der Waals surface area contributed by atoms with Gasteiger partial charge in [0.25, 0.3) is 0 Å². The first-order chi connectivity index (χ1) is 9.83. The van der Waals surface area contributed by atoms with Crippen molar-refractivity contribution in [1.29, 1.82) is 0 Å².